The molecule has 0 amide bonds. The van der Waals surface area contributed by atoms with Crippen molar-refractivity contribution in [1.29, 1.82) is 0 Å². The van der Waals surface area contributed by atoms with Gasteiger partial charge in [0.1, 0.15) is 5.76 Å². The Balaban J connectivity index is 2.14. The predicted molar refractivity (Wildman–Crippen MR) is 54.2 cm³/mol. The van der Waals surface area contributed by atoms with Crippen molar-refractivity contribution >= 4 is 0 Å². The van der Waals surface area contributed by atoms with Crippen molar-refractivity contribution in [3.8, 4) is 0 Å². The van der Waals surface area contributed by atoms with Crippen molar-refractivity contribution in [2.24, 2.45) is 0 Å². The van der Waals surface area contributed by atoms with Gasteiger partial charge in [0, 0.05) is 19.6 Å². The first-order valence-corrected chi connectivity index (χ1v) is 5.02. The number of aromatic nitrogens is 1. The Labute approximate surface area is 84.3 Å². The lowest BCUT2D eigenvalue weighted by Gasteiger charge is -2.28. The van der Waals surface area contributed by atoms with Gasteiger partial charge in [-0.3, -0.25) is 0 Å². The summed E-state index contributed by atoms with van der Waals surface area (Å²) in [5.41, 5.74) is 0.995. The molecule has 1 unspecified atom stereocenters. The first-order valence-electron chi connectivity index (χ1n) is 5.02. The molecule has 4 heteroatoms. The standard InChI is InChI=1S/C10H17N3O/c1-7-8(2)14-10(12-7)9-6-13(3)5-4-11-9/h9,11H,4-6H2,1-3H3. The first-order chi connectivity index (χ1) is 6.66. The molecule has 1 aliphatic rings. The Kier molecular flexibility index (Phi) is 2.56. The monoisotopic (exact) mass is 195 g/mol. The second-order valence-electron chi connectivity index (χ2n) is 3.96. The molecule has 0 saturated carbocycles. The Morgan fingerprint density at radius 2 is 2.29 bits per heavy atom. The van der Waals surface area contributed by atoms with Crippen molar-refractivity contribution in [3.63, 3.8) is 0 Å². The number of rotatable bonds is 1. The summed E-state index contributed by atoms with van der Waals surface area (Å²) in [6.07, 6.45) is 0. The minimum atomic E-state index is 0.251. The van der Waals surface area contributed by atoms with E-state index in [0.717, 1.165) is 37.0 Å². The van der Waals surface area contributed by atoms with E-state index in [2.05, 4.69) is 22.2 Å². The Morgan fingerprint density at radius 3 is 2.86 bits per heavy atom. The van der Waals surface area contributed by atoms with Gasteiger partial charge in [0.05, 0.1) is 11.7 Å². The maximum absolute atomic E-state index is 5.60. The van der Waals surface area contributed by atoms with Gasteiger partial charge in [-0.2, -0.15) is 0 Å². The van der Waals surface area contributed by atoms with Crippen LogP contribution in [0.3, 0.4) is 0 Å². The second-order valence-corrected chi connectivity index (χ2v) is 3.96. The molecule has 14 heavy (non-hydrogen) atoms. The molecule has 0 spiro atoms. The summed E-state index contributed by atoms with van der Waals surface area (Å²) in [5, 5.41) is 3.41. The van der Waals surface area contributed by atoms with Crippen molar-refractivity contribution < 1.29 is 4.42 Å². The number of likely N-dealkylation sites (N-methyl/N-ethyl adjacent to an activating group) is 1. The molecular weight excluding hydrogens is 178 g/mol. The predicted octanol–water partition coefficient (Wildman–Crippen LogP) is 0.868. The average Bonchev–Trinajstić information content (AvgIpc) is 2.47. The van der Waals surface area contributed by atoms with Crippen LogP contribution in [0.15, 0.2) is 4.42 Å². The molecule has 1 aromatic heterocycles. The minimum absolute atomic E-state index is 0.251. The highest BCUT2D eigenvalue weighted by Gasteiger charge is 2.22. The summed E-state index contributed by atoms with van der Waals surface area (Å²) in [6.45, 7) is 7.00. The van der Waals surface area contributed by atoms with Crippen LogP contribution in [0.1, 0.15) is 23.4 Å². The van der Waals surface area contributed by atoms with Gasteiger partial charge >= 0.3 is 0 Å². The molecule has 1 N–H and O–H groups in total. The number of hydrogen-bond donors (Lipinski definition) is 1. The van der Waals surface area contributed by atoms with E-state index >= 15 is 0 Å². The summed E-state index contributed by atoms with van der Waals surface area (Å²) in [5.74, 6) is 1.75. The van der Waals surface area contributed by atoms with Crippen LogP contribution in [-0.4, -0.2) is 36.6 Å². The molecule has 1 saturated heterocycles. The maximum atomic E-state index is 5.60. The number of oxazole rings is 1. The Hall–Kier alpha value is -0.870. The first kappa shape index (κ1) is 9.68. The summed E-state index contributed by atoms with van der Waals surface area (Å²) in [6, 6.07) is 0.251. The topological polar surface area (TPSA) is 41.3 Å². The maximum Gasteiger partial charge on any atom is 0.213 e. The van der Waals surface area contributed by atoms with E-state index in [0.29, 0.717) is 0 Å². The summed E-state index contributed by atoms with van der Waals surface area (Å²) >= 11 is 0. The lowest BCUT2D eigenvalue weighted by Crippen LogP contribution is -2.43. The third kappa shape index (κ3) is 1.81. The normalized spacial score (nSPS) is 24.1. The van der Waals surface area contributed by atoms with Crippen LogP contribution in [0.25, 0.3) is 0 Å². The number of nitrogens with one attached hydrogen (secondary N) is 1. The molecule has 1 aromatic rings. The van der Waals surface area contributed by atoms with Crippen molar-refractivity contribution in [3.05, 3.63) is 17.3 Å². The minimum Gasteiger partial charge on any atom is -0.444 e. The van der Waals surface area contributed by atoms with Gasteiger partial charge in [0.25, 0.3) is 0 Å². The van der Waals surface area contributed by atoms with Gasteiger partial charge in [-0.05, 0) is 20.9 Å². The molecule has 1 atom stereocenters. The SMILES string of the molecule is Cc1nc(C2CN(C)CCN2)oc1C. The molecule has 2 rings (SSSR count). The van der Waals surface area contributed by atoms with E-state index in [1.165, 1.54) is 0 Å². The van der Waals surface area contributed by atoms with Gasteiger partial charge in [-0.15, -0.1) is 0 Å². The third-order valence-corrected chi connectivity index (χ3v) is 2.72. The van der Waals surface area contributed by atoms with E-state index in [9.17, 15) is 0 Å². The molecule has 0 aromatic carbocycles. The van der Waals surface area contributed by atoms with Crippen LogP contribution < -0.4 is 5.32 Å². The molecule has 0 radical (unpaired) electrons. The quantitative estimate of drug-likeness (QED) is 0.722. The number of aryl methyl sites for hydroxylation is 2. The largest absolute Gasteiger partial charge is 0.444 e. The molecule has 4 nitrogen and oxygen atoms in total. The molecule has 0 aliphatic carbocycles. The van der Waals surface area contributed by atoms with Crippen LogP contribution in [0.2, 0.25) is 0 Å². The lowest BCUT2D eigenvalue weighted by molar-refractivity contribution is 0.217. The Morgan fingerprint density at radius 1 is 1.50 bits per heavy atom. The van der Waals surface area contributed by atoms with Gasteiger partial charge in [0.15, 0.2) is 0 Å². The third-order valence-electron chi connectivity index (χ3n) is 2.72. The smallest absolute Gasteiger partial charge is 0.213 e. The van der Waals surface area contributed by atoms with Crippen LogP contribution in [0, 0.1) is 13.8 Å². The van der Waals surface area contributed by atoms with Crippen LogP contribution in [0.4, 0.5) is 0 Å². The number of piperazine rings is 1. The van der Waals surface area contributed by atoms with Crippen molar-refractivity contribution in [1.82, 2.24) is 15.2 Å². The highest BCUT2D eigenvalue weighted by molar-refractivity contribution is 5.08. The highest BCUT2D eigenvalue weighted by atomic mass is 16.4. The lowest BCUT2D eigenvalue weighted by atomic mass is 10.2. The molecule has 1 aliphatic heterocycles. The van der Waals surface area contributed by atoms with E-state index in [1.807, 2.05) is 13.8 Å². The summed E-state index contributed by atoms with van der Waals surface area (Å²) < 4.78 is 5.60. The average molecular weight is 195 g/mol. The highest BCUT2D eigenvalue weighted by Crippen LogP contribution is 2.18. The van der Waals surface area contributed by atoms with Crippen molar-refractivity contribution in [2.75, 3.05) is 26.7 Å². The zero-order valence-corrected chi connectivity index (χ0v) is 9.00. The fraction of sp³-hybridized carbons (Fsp3) is 0.700. The van der Waals surface area contributed by atoms with E-state index in [4.69, 9.17) is 4.42 Å². The zero-order valence-electron chi connectivity index (χ0n) is 9.00. The van der Waals surface area contributed by atoms with Gasteiger partial charge < -0.3 is 14.6 Å². The van der Waals surface area contributed by atoms with E-state index in [-0.39, 0.29) is 6.04 Å². The zero-order chi connectivity index (χ0) is 10.1. The van der Waals surface area contributed by atoms with Gasteiger partial charge in [-0.1, -0.05) is 0 Å². The number of nitrogens with zero attached hydrogens (tertiary/aromatic N) is 2. The molecular formula is C10H17N3O. The van der Waals surface area contributed by atoms with Gasteiger partial charge in [-0.25, -0.2) is 4.98 Å². The van der Waals surface area contributed by atoms with Crippen LogP contribution in [-0.2, 0) is 0 Å². The number of hydrogen-bond acceptors (Lipinski definition) is 4. The van der Waals surface area contributed by atoms with E-state index in [1.54, 1.807) is 0 Å². The second kappa shape index (κ2) is 3.71. The molecule has 1 fully saturated rings. The van der Waals surface area contributed by atoms with Crippen molar-refractivity contribution in [2.45, 2.75) is 19.9 Å². The summed E-state index contributed by atoms with van der Waals surface area (Å²) in [4.78, 5) is 6.70. The van der Waals surface area contributed by atoms with E-state index < -0.39 is 0 Å². The molecule has 2 heterocycles. The molecule has 78 valence electrons. The van der Waals surface area contributed by atoms with Crippen LogP contribution in [0.5, 0.6) is 0 Å². The Bertz CT molecular complexity index is 302. The van der Waals surface area contributed by atoms with Gasteiger partial charge in [0.2, 0.25) is 5.89 Å². The summed E-state index contributed by atoms with van der Waals surface area (Å²) in [7, 11) is 2.12. The fourth-order valence-electron chi connectivity index (χ4n) is 1.71. The fourth-order valence-corrected chi connectivity index (χ4v) is 1.71. The molecule has 0 bridgehead atoms. The van der Waals surface area contributed by atoms with Crippen LogP contribution >= 0.6 is 0 Å².